The summed E-state index contributed by atoms with van der Waals surface area (Å²) < 4.78 is 76.4. The number of carboxylic acids is 3. The third kappa shape index (κ3) is 12.7. The maximum atomic E-state index is 12.4. The number of carbonyl (C=O) groups is 3. The maximum absolute atomic E-state index is 12.4. The summed E-state index contributed by atoms with van der Waals surface area (Å²) in [5, 5.41) is 28.8. The fourth-order valence-electron chi connectivity index (χ4n) is 5.01. The number of carboxylic acid groups (broad SMARTS) is 3. The van der Waals surface area contributed by atoms with E-state index in [0.29, 0.717) is 22.9 Å². The molecule has 0 aliphatic rings. The van der Waals surface area contributed by atoms with E-state index >= 15 is 0 Å². The van der Waals surface area contributed by atoms with Crippen molar-refractivity contribution in [2.75, 3.05) is 35.9 Å². The van der Waals surface area contributed by atoms with Crippen LogP contribution in [0.4, 0.5) is 11.4 Å². The summed E-state index contributed by atoms with van der Waals surface area (Å²) in [7, 11) is -7.47. The number of ether oxygens (including phenoxy) is 4. The average Bonchev–Trinajstić information content (AvgIpc) is 3.80. The van der Waals surface area contributed by atoms with Crippen LogP contribution in [0.25, 0.3) is 0 Å². The van der Waals surface area contributed by atoms with E-state index < -0.39 is 38.0 Å². The highest BCUT2D eigenvalue weighted by atomic mass is 32.2. The molecule has 5 aromatic carbocycles. The van der Waals surface area contributed by atoms with Crippen molar-refractivity contribution in [3.05, 3.63) is 156 Å². The molecule has 0 saturated heterocycles. The molecule has 0 unspecified atom stereocenters. The Morgan fingerprint density at radius 3 is 1.33 bits per heavy atom. The summed E-state index contributed by atoms with van der Waals surface area (Å²) in [5.74, 6) is -1.77. The molecule has 19 heteroatoms. The van der Waals surface area contributed by atoms with E-state index in [-0.39, 0.29) is 63.7 Å². The second kappa shape index (κ2) is 20.6. The van der Waals surface area contributed by atoms with E-state index in [1.165, 1.54) is 54.6 Å². The Hall–Kier alpha value is -7.09. The lowest BCUT2D eigenvalue weighted by Crippen LogP contribution is -2.13. The summed E-state index contributed by atoms with van der Waals surface area (Å²) in [4.78, 5) is 33.1. The van der Waals surface area contributed by atoms with E-state index in [9.17, 15) is 31.2 Å². The van der Waals surface area contributed by atoms with Gasteiger partial charge in [0.2, 0.25) is 0 Å². The number of rotatable bonds is 19. The molecule has 0 fully saturated rings. The van der Waals surface area contributed by atoms with Gasteiger partial charge in [0.15, 0.2) is 0 Å². The number of thiophene rings is 1. The van der Waals surface area contributed by atoms with Gasteiger partial charge in [-0.2, -0.15) is 0 Å². The van der Waals surface area contributed by atoms with E-state index in [4.69, 9.17) is 34.3 Å². The lowest BCUT2D eigenvalue weighted by molar-refractivity contribution is 0.0680. The summed E-state index contributed by atoms with van der Waals surface area (Å²) in [6.07, 6.45) is 0. The number of hydrogen-bond donors (Lipinski definition) is 5. The molecule has 0 radical (unpaired) electrons. The zero-order chi connectivity index (χ0) is 43.1. The second-order valence-corrected chi connectivity index (χ2v) is 16.6. The number of nitrogens with one attached hydrogen (secondary N) is 2. The summed E-state index contributed by atoms with van der Waals surface area (Å²) in [6, 6.07) is 33.3. The van der Waals surface area contributed by atoms with Crippen molar-refractivity contribution in [2.45, 2.75) is 9.10 Å². The molecule has 0 bridgehead atoms. The van der Waals surface area contributed by atoms with Crippen LogP contribution in [-0.4, -0.2) is 76.5 Å². The van der Waals surface area contributed by atoms with Gasteiger partial charge in [-0.1, -0.05) is 30.3 Å². The standard InChI is InChI=1S/C22H19NO8S.C19H17NO6S2/c24-21(25)15-5-11-18(12-6-15)32(28,29)23-16-7-9-17(10-8-16)30-13-14-31-20-4-2-1-3-19(20)22(26)27;21-19(22)16-4-1-2-5-17(16)26-12-11-25-15-9-7-14(8-10-15)20-28(23,24)18-6-3-13-27-18/h1-12,23H,13-14H2,(H,24,25)(H,26,27);1-10,13,20H,11-12H2,(H,21,22). The molecule has 0 amide bonds. The van der Waals surface area contributed by atoms with E-state index in [1.807, 2.05) is 0 Å². The molecule has 6 rings (SSSR count). The van der Waals surface area contributed by atoms with Gasteiger partial charge in [0.25, 0.3) is 20.0 Å². The minimum absolute atomic E-state index is 0.0131. The minimum Gasteiger partial charge on any atom is -0.490 e. The Bertz CT molecular complexity index is 2600. The highest BCUT2D eigenvalue weighted by molar-refractivity contribution is 7.94. The zero-order valence-electron chi connectivity index (χ0n) is 31.2. The molecular weight excluding hydrogens is 841 g/mol. The number of aromatic carboxylic acids is 3. The monoisotopic (exact) mass is 876 g/mol. The quantitative estimate of drug-likeness (QED) is 0.0513. The molecule has 60 heavy (non-hydrogen) atoms. The maximum Gasteiger partial charge on any atom is 0.339 e. The predicted molar refractivity (Wildman–Crippen MR) is 221 cm³/mol. The molecule has 312 valence electrons. The van der Waals surface area contributed by atoms with Crippen LogP contribution >= 0.6 is 11.3 Å². The highest BCUT2D eigenvalue weighted by Gasteiger charge is 2.17. The Morgan fingerprint density at radius 2 is 0.917 bits per heavy atom. The Labute approximate surface area is 348 Å². The third-order valence-corrected chi connectivity index (χ3v) is 12.0. The van der Waals surface area contributed by atoms with Crippen LogP contribution < -0.4 is 28.4 Å². The van der Waals surface area contributed by atoms with Crippen LogP contribution in [-0.2, 0) is 20.0 Å². The zero-order valence-corrected chi connectivity index (χ0v) is 33.6. The van der Waals surface area contributed by atoms with Gasteiger partial charge in [-0.05, 0) is 109 Å². The van der Waals surface area contributed by atoms with Crippen molar-refractivity contribution < 1.29 is 65.5 Å². The highest BCUT2D eigenvalue weighted by Crippen LogP contribution is 2.24. The largest absolute Gasteiger partial charge is 0.490 e. The lowest BCUT2D eigenvalue weighted by atomic mass is 10.2. The fraction of sp³-hybridized carbons (Fsp3) is 0.0976. The Kier molecular flexibility index (Phi) is 15.1. The number of para-hydroxylation sites is 2. The van der Waals surface area contributed by atoms with E-state index in [1.54, 1.807) is 84.2 Å². The van der Waals surface area contributed by atoms with E-state index in [0.717, 1.165) is 11.3 Å². The predicted octanol–water partition coefficient (Wildman–Crippen LogP) is 7.05. The first-order valence-corrected chi connectivity index (χ1v) is 21.3. The molecule has 1 aromatic heterocycles. The summed E-state index contributed by atoms with van der Waals surface area (Å²) in [5.41, 5.74) is 0.853. The minimum atomic E-state index is -3.88. The first kappa shape index (κ1) is 44.0. The average molecular weight is 877 g/mol. The summed E-state index contributed by atoms with van der Waals surface area (Å²) in [6.45, 7) is 0.630. The van der Waals surface area contributed by atoms with Crippen molar-refractivity contribution in [1.29, 1.82) is 0 Å². The van der Waals surface area contributed by atoms with Crippen LogP contribution in [0.2, 0.25) is 0 Å². The Morgan fingerprint density at radius 1 is 0.483 bits per heavy atom. The summed E-state index contributed by atoms with van der Waals surface area (Å²) >= 11 is 1.14. The number of hydrogen-bond acceptors (Lipinski definition) is 12. The second-order valence-electron chi connectivity index (χ2n) is 12.0. The third-order valence-electron chi connectivity index (χ3n) is 7.84. The van der Waals surface area contributed by atoms with Gasteiger partial charge < -0.3 is 34.3 Å². The van der Waals surface area contributed by atoms with Crippen molar-refractivity contribution in [2.24, 2.45) is 0 Å². The SMILES string of the molecule is O=C(O)c1ccc(S(=O)(=O)Nc2ccc(OCCOc3ccccc3C(=O)O)cc2)cc1.O=C(O)c1ccccc1OCCOc1ccc(NS(=O)(=O)c2cccs2)cc1. The van der Waals surface area contributed by atoms with Gasteiger partial charge in [0, 0.05) is 11.4 Å². The molecule has 0 spiro atoms. The van der Waals surface area contributed by atoms with Crippen LogP contribution in [0.15, 0.2) is 148 Å². The number of sulfonamides is 2. The first-order chi connectivity index (χ1) is 28.7. The van der Waals surface area contributed by atoms with Gasteiger partial charge in [-0.3, -0.25) is 9.44 Å². The fourth-order valence-corrected chi connectivity index (χ4v) is 8.12. The van der Waals surface area contributed by atoms with Crippen molar-refractivity contribution >= 4 is 60.7 Å². The normalized spacial score (nSPS) is 10.9. The molecule has 0 atom stereocenters. The van der Waals surface area contributed by atoms with E-state index in [2.05, 4.69) is 9.44 Å². The van der Waals surface area contributed by atoms with Crippen LogP contribution in [0.5, 0.6) is 23.0 Å². The first-order valence-electron chi connectivity index (χ1n) is 17.5. The van der Waals surface area contributed by atoms with Crippen molar-refractivity contribution in [3.63, 3.8) is 0 Å². The van der Waals surface area contributed by atoms with Crippen molar-refractivity contribution in [3.8, 4) is 23.0 Å². The molecule has 1 heterocycles. The van der Waals surface area contributed by atoms with Gasteiger partial charge in [0.05, 0.1) is 10.5 Å². The van der Waals surface area contributed by atoms with Gasteiger partial charge in [0.1, 0.15) is 64.8 Å². The van der Waals surface area contributed by atoms with Crippen molar-refractivity contribution in [1.82, 2.24) is 0 Å². The molecular formula is C41H36N2O14S3. The molecule has 0 aliphatic heterocycles. The molecule has 0 aliphatic carbocycles. The van der Waals surface area contributed by atoms with Crippen LogP contribution in [0.3, 0.4) is 0 Å². The number of benzene rings is 5. The topological polar surface area (TPSA) is 241 Å². The smallest absolute Gasteiger partial charge is 0.339 e. The lowest BCUT2D eigenvalue weighted by Gasteiger charge is -2.11. The van der Waals surface area contributed by atoms with Gasteiger partial charge in [-0.15, -0.1) is 11.3 Å². The number of anilines is 2. The van der Waals surface area contributed by atoms with Crippen LogP contribution in [0.1, 0.15) is 31.1 Å². The molecule has 5 N–H and O–H groups in total. The van der Waals surface area contributed by atoms with Crippen LogP contribution in [0, 0.1) is 0 Å². The van der Waals surface area contributed by atoms with Gasteiger partial charge in [-0.25, -0.2) is 31.2 Å². The molecule has 16 nitrogen and oxygen atoms in total. The Balaban J connectivity index is 0.000000230. The molecule has 6 aromatic rings. The van der Waals surface area contributed by atoms with Gasteiger partial charge >= 0.3 is 17.9 Å². The molecule has 0 saturated carbocycles.